The molecule has 0 spiro atoms. The summed E-state index contributed by atoms with van der Waals surface area (Å²) in [6.45, 7) is 5.70. The van der Waals surface area contributed by atoms with Crippen molar-refractivity contribution in [2.75, 3.05) is 17.2 Å². The lowest BCUT2D eigenvalue weighted by Gasteiger charge is -2.18. The maximum Gasteiger partial charge on any atom is 0.338 e. The molecule has 2 N–H and O–H groups in total. The fraction of sp³-hybridized carbons (Fsp3) is 0.381. The van der Waals surface area contributed by atoms with Gasteiger partial charge in [-0.2, -0.15) is 0 Å². The molecule has 1 aliphatic rings. The number of carbonyl (C=O) groups is 3. The molecule has 2 amide bonds. The number of thiophene rings is 1. The van der Waals surface area contributed by atoms with Gasteiger partial charge in [0.15, 0.2) is 0 Å². The average Bonchev–Trinajstić information content (AvgIpc) is 2.98. The molecular weight excluding hydrogens is 376 g/mol. The number of rotatable bonds is 5. The Labute approximate surface area is 168 Å². The Bertz CT molecular complexity index is 902. The van der Waals surface area contributed by atoms with Crippen LogP contribution < -0.4 is 10.6 Å². The fourth-order valence-electron chi connectivity index (χ4n) is 3.34. The van der Waals surface area contributed by atoms with Crippen molar-refractivity contribution in [3.8, 4) is 0 Å². The first-order valence-corrected chi connectivity index (χ1v) is 10.2. The predicted molar refractivity (Wildman–Crippen MR) is 110 cm³/mol. The first-order valence-electron chi connectivity index (χ1n) is 9.39. The van der Waals surface area contributed by atoms with Gasteiger partial charge in [0.2, 0.25) is 5.91 Å². The third-order valence-corrected chi connectivity index (χ3v) is 5.85. The zero-order valence-electron chi connectivity index (χ0n) is 16.3. The molecule has 0 unspecified atom stereocenters. The first-order chi connectivity index (χ1) is 13.4. The minimum absolute atomic E-state index is 0.195. The number of ether oxygens (including phenoxy) is 1. The number of fused-ring (bicyclic) bond motifs is 1. The molecule has 2 aromatic rings. The van der Waals surface area contributed by atoms with Crippen LogP contribution >= 0.6 is 11.3 Å². The second-order valence-corrected chi connectivity index (χ2v) is 8.09. The number of esters is 1. The predicted octanol–water partition coefficient (Wildman–Crippen LogP) is 4.26. The number of carbonyl (C=O) groups excluding carboxylic acids is 3. The molecule has 148 valence electrons. The van der Waals surface area contributed by atoms with Crippen LogP contribution in [0.1, 0.15) is 58.3 Å². The van der Waals surface area contributed by atoms with Crippen LogP contribution in [0.15, 0.2) is 24.3 Å². The Balaban J connectivity index is 1.84. The summed E-state index contributed by atoms with van der Waals surface area (Å²) in [6.07, 6.45) is 2.78. The van der Waals surface area contributed by atoms with E-state index in [0.717, 1.165) is 24.8 Å². The number of nitrogens with one attached hydrogen (secondary N) is 2. The molecule has 3 rings (SSSR count). The summed E-state index contributed by atoms with van der Waals surface area (Å²) < 4.78 is 4.97. The van der Waals surface area contributed by atoms with Crippen molar-refractivity contribution in [1.29, 1.82) is 0 Å². The molecule has 7 heteroatoms. The highest BCUT2D eigenvalue weighted by molar-refractivity contribution is 7.17. The van der Waals surface area contributed by atoms with Crippen molar-refractivity contribution in [1.82, 2.24) is 0 Å². The summed E-state index contributed by atoms with van der Waals surface area (Å²) in [5.74, 6) is -0.267. The van der Waals surface area contributed by atoms with E-state index >= 15 is 0 Å². The van der Waals surface area contributed by atoms with E-state index in [1.807, 2.05) is 0 Å². The average molecular weight is 401 g/mol. The fourth-order valence-corrected chi connectivity index (χ4v) is 4.79. The van der Waals surface area contributed by atoms with Crippen LogP contribution in [0.25, 0.3) is 0 Å². The number of benzene rings is 1. The van der Waals surface area contributed by atoms with Crippen LogP contribution in [0.4, 0.5) is 10.7 Å². The van der Waals surface area contributed by atoms with Gasteiger partial charge in [0.05, 0.1) is 17.7 Å². The lowest BCUT2D eigenvalue weighted by atomic mass is 9.88. The molecule has 0 fully saturated rings. The van der Waals surface area contributed by atoms with E-state index in [1.54, 1.807) is 31.2 Å². The van der Waals surface area contributed by atoms with Gasteiger partial charge in [0, 0.05) is 17.5 Å². The zero-order valence-corrected chi connectivity index (χ0v) is 17.1. The molecule has 0 radical (unpaired) electrons. The molecule has 0 bridgehead atoms. The minimum atomic E-state index is -0.394. The second kappa shape index (κ2) is 8.56. The molecule has 1 aromatic heterocycles. The molecule has 1 aliphatic carbocycles. The lowest BCUT2D eigenvalue weighted by molar-refractivity contribution is -0.114. The third kappa shape index (κ3) is 4.42. The van der Waals surface area contributed by atoms with Crippen LogP contribution in [-0.2, 0) is 22.4 Å². The Morgan fingerprint density at radius 2 is 1.89 bits per heavy atom. The highest BCUT2D eigenvalue weighted by atomic mass is 32.1. The number of hydrogen-bond donors (Lipinski definition) is 2. The molecular formula is C21H24N2O4S. The van der Waals surface area contributed by atoms with Gasteiger partial charge < -0.3 is 15.4 Å². The van der Waals surface area contributed by atoms with Gasteiger partial charge in [-0.05, 0) is 61.9 Å². The van der Waals surface area contributed by atoms with E-state index in [0.29, 0.717) is 34.3 Å². The van der Waals surface area contributed by atoms with Gasteiger partial charge >= 0.3 is 5.97 Å². The van der Waals surface area contributed by atoms with Crippen LogP contribution in [0.5, 0.6) is 0 Å². The van der Waals surface area contributed by atoms with Gasteiger partial charge in [-0.15, -0.1) is 11.3 Å². The zero-order chi connectivity index (χ0) is 20.3. The van der Waals surface area contributed by atoms with Crippen molar-refractivity contribution in [2.24, 2.45) is 5.92 Å². The van der Waals surface area contributed by atoms with Gasteiger partial charge in [-0.3, -0.25) is 9.59 Å². The van der Waals surface area contributed by atoms with E-state index in [4.69, 9.17) is 4.74 Å². The Kier molecular flexibility index (Phi) is 6.14. The van der Waals surface area contributed by atoms with E-state index < -0.39 is 5.97 Å². The number of amides is 2. The van der Waals surface area contributed by atoms with Crippen molar-refractivity contribution >= 4 is 39.8 Å². The summed E-state index contributed by atoms with van der Waals surface area (Å²) in [4.78, 5) is 37.5. The van der Waals surface area contributed by atoms with Crippen molar-refractivity contribution in [3.05, 3.63) is 45.8 Å². The Hall–Kier alpha value is -2.67. The molecule has 0 saturated heterocycles. The standard InChI is InChI=1S/C21H24N2O4S/c1-4-27-21(26)14-6-8-15(9-7-14)23-19(25)18-16-10-5-12(2)11-17(16)28-20(18)22-13(3)24/h6-9,12H,4-5,10-11H2,1-3H3,(H,22,24)(H,23,25)/t12-/m0/s1. The van der Waals surface area contributed by atoms with Crippen LogP contribution in [0.2, 0.25) is 0 Å². The van der Waals surface area contributed by atoms with Crippen LogP contribution in [0.3, 0.4) is 0 Å². The molecule has 1 atom stereocenters. The van der Waals surface area contributed by atoms with Crippen LogP contribution in [-0.4, -0.2) is 24.4 Å². The SMILES string of the molecule is CCOC(=O)c1ccc(NC(=O)c2c(NC(C)=O)sc3c2CC[C@H](C)C3)cc1. The monoisotopic (exact) mass is 400 g/mol. The summed E-state index contributed by atoms with van der Waals surface area (Å²) in [7, 11) is 0. The van der Waals surface area contributed by atoms with E-state index in [1.165, 1.54) is 23.1 Å². The number of anilines is 2. The van der Waals surface area contributed by atoms with Crippen molar-refractivity contribution in [3.63, 3.8) is 0 Å². The summed E-state index contributed by atoms with van der Waals surface area (Å²) >= 11 is 1.49. The van der Waals surface area contributed by atoms with Gasteiger partial charge in [-0.25, -0.2) is 4.79 Å². The summed E-state index contributed by atoms with van der Waals surface area (Å²) in [6, 6.07) is 6.58. The second-order valence-electron chi connectivity index (χ2n) is 6.99. The summed E-state index contributed by atoms with van der Waals surface area (Å²) in [5.41, 5.74) is 2.60. The highest BCUT2D eigenvalue weighted by Gasteiger charge is 2.28. The van der Waals surface area contributed by atoms with Gasteiger partial charge in [0.1, 0.15) is 5.00 Å². The molecule has 6 nitrogen and oxygen atoms in total. The van der Waals surface area contributed by atoms with E-state index in [9.17, 15) is 14.4 Å². The van der Waals surface area contributed by atoms with Crippen molar-refractivity contribution in [2.45, 2.75) is 40.0 Å². The van der Waals surface area contributed by atoms with Crippen LogP contribution in [0, 0.1) is 5.92 Å². The molecule has 1 heterocycles. The highest BCUT2D eigenvalue weighted by Crippen LogP contribution is 2.40. The molecule has 0 saturated carbocycles. The first kappa shape index (κ1) is 20.1. The normalized spacial score (nSPS) is 15.5. The summed E-state index contributed by atoms with van der Waals surface area (Å²) in [5, 5.41) is 6.29. The smallest absolute Gasteiger partial charge is 0.338 e. The van der Waals surface area contributed by atoms with Gasteiger partial charge in [0.25, 0.3) is 5.91 Å². The largest absolute Gasteiger partial charge is 0.462 e. The molecule has 0 aliphatic heterocycles. The molecule has 1 aromatic carbocycles. The maximum atomic E-state index is 13.0. The lowest BCUT2D eigenvalue weighted by Crippen LogP contribution is -2.18. The minimum Gasteiger partial charge on any atom is -0.462 e. The topological polar surface area (TPSA) is 84.5 Å². The van der Waals surface area contributed by atoms with E-state index in [-0.39, 0.29) is 11.8 Å². The maximum absolute atomic E-state index is 13.0. The van der Waals surface area contributed by atoms with E-state index in [2.05, 4.69) is 17.6 Å². The Morgan fingerprint density at radius 1 is 1.18 bits per heavy atom. The Morgan fingerprint density at radius 3 is 2.54 bits per heavy atom. The van der Waals surface area contributed by atoms with Gasteiger partial charge in [-0.1, -0.05) is 6.92 Å². The van der Waals surface area contributed by atoms with Crippen molar-refractivity contribution < 1.29 is 19.1 Å². The molecule has 28 heavy (non-hydrogen) atoms. The third-order valence-electron chi connectivity index (χ3n) is 4.68. The number of hydrogen-bond acceptors (Lipinski definition) is 5. The quantitative estimate of drug-likeness (QED) is 0.735.